The molecular formula is C16H21Cl2NO. The second kappa shape index (κ2) is 7.44. The largest absolute Gasteiger partial charge is 0.300 e. The number of carbonyl (C=O) groups is 1. The van der Waals surface area contributed by atoms with E-state index in [4.69, 9.17) is 23.2 Å². The molecule has 0 aliphatic carbocycles. The first-order valence-corrected chi connectivity index (χ1v) is 8.10. The molecule has 2 rings (SSSR count). The first kappa shape index (κ1) is 15.8. The van der Waals surface area contributed by atoms with Crippen LogP contribution in [-0.4, -0.2) is 29.8 Å². The van der Waals surface area contributed by atoms with Gasteiger partial charge in [-0.25, -0.2) is 0 Å². The highest BCUT2D eigenvalue weighted by molar-refractivity contribution is 6.43. The van der Waals surface area contributed by atoms with E-state index in [1.54, 1.807) is 18.2 Å². The molecule has 1 aromatic carbocycles. The highest BCUT2D eigenvalue weighted by atomic mass is 35.5. The minimum absolute atomic E-state index is 0.0814. The van der Waals surface area contributed by atoms with Crippen molar-refractivity contribution in [2.45, 2.75) is 45.1 Å². The second-order valence-electron chi connectivity index (χ2n) is 5.37. The lowest BCUT2D eigenvalue weighted by atomic mass is 9.99. The fourth-order valence-electron chi connectivity index (χ4n) is 2.92. The number of halogens is 2. The van der Waals surface area contributed by atoms with Crippen LogP contribution in [0.25, 0.3) is 0 Å². The maximum atomic E-state index is 12.3. The average molecular weight is 314 g/mol. The first-order valence-electron chi connectivity index (χ1n) is 7.34. The summed E-state index contributed by atoms with van der Waals surface area (Å²) in [5, 5.41) is 0.826. The summed E-state index contributed by atoms with van der Waals surface area (Å²) in [6.07, 6.45) is 5.47. The van der Waals surface area contributed by atoms with Gasteiger partial charge in [-0.1, -0.05) is 42.6 Å². The molecule has 0 amide bonds. The Labute approximate surface area is 131 Å². The van der Waals surface area contributed by atoms with E-state index >= 15 is 0 Å². The molecule has 2 nitrogen and oxygen atoms in total. The monoisotopic (exact) mass is 313 g/mol. The highest BCUT2D eigenvalue weighted by Gasteiger charge is 2.22. The maximum Gasteiger partial charge on any atom is 0.165 e. The van der Waals surface area contributed by atoms with Gasteiger partial charge in [-0.2, -0.15) is 0 Å². The second-order valence-corrected chi connectivity index (χ2v) is 6.15. The number of ketones is 1. The Morgan fingerprint density at radius 2 is 2.15 bits per heavy atom. The molecule has 1 heterocycles. The molecular weight excluding hydrogens is 293 g/mol. The van der Waals surface area contributed by atoms with Crippen LogP contribution < -0.4 is 0 Å². The van der Waals surface area contributed by atoms with Crippen LogP contribution in [0.1, 0.15) is 49.4 Å². The van der Waals surface area contributed by atoms with E-state index in [1.165, 1.54) is 19.3 Å². The number of piperidine rings is 1. The molecule has 4 heteroatoms. The predicted octanol–water partition coefficient (Wildman–Crippen LogP) is 4.83. The highest BCUT2D eigenvalue weighted by Crippen LogP contribution is 2.27. The molecule has 110 valence electrons. The van der Waals surface area contributed by atoms with Gasteiger partial charge in [0.05, 0.1) is 10.0 Å². The van der Waals surface area contributed by atoms with Crippen LogP contribution in [0.5, 0.6) is 0 Å². The molecule has 1 aliphatic heterocycles. The number of rotatable bonds is 5. The minimum Gasteiger partial charge on any atom is -0.300 e. The van der Waals surface area contributed by atoms with Gasteiger partial charge in [0.15, 0.2) is 5.78 Å². The molecule has 0 bridgehead atoms. The Hall–Kier alpha value is -0.570. The van der Waals surface area contributed by atoms with Crippen molar-refractivity contribution in [2.75, 3.05) is 13.1 Å². The first-order chi connectivity index (χ1) is 9.63. The molecule has 1 aromatic rings. The molecule has 0 aromatic heterocycles. The van der Waals surface area contributed by atoms with Gasteiger partial charge in [-0.15, -0.1) is 0 Å². The average Bonchev–Trinajstić information content (AvgIpc) is 2.48. The summed E-state index contributed by atoms with van der Waals surface area (Å²) in [5.74, 6) is 0.0814. The Balaban J connectivity index is 1.96. The quantitative estimate of drug-likeness (QED) is 0.726. The van der Waals surface area contributed by atoms with Gasteiger partial charge in [-0.3, -0.25) is 9.69 Å². The summed E-state index contributed by atoms with van der Waals surface area (Å²) >= 11 is 12.1. The van der Waals surface area contributed by atoms with Crippen molar-refractivity contribution in [1.29, 1.82) is 0 Å². The Kier molecular flexibility index (Phi) is 5.88. The molecule has 1 saturated heterocycles. The van der Waals surface area contributed by atoms with Gasteiger partial charge in [0, 0.05) is 24.6 Å². The SMILES string of the molecule is CCC1CCCCN1CCC(=O)c1cccc(Cl)c1Cl. The molecule has 0 N–H and O–H groups in total. The predicted molar refractivity (Wildman–Crippen MR) is 84.9 cm³/mol. The smallest absolute Gasteiger partial charge is 0.165 e. The number of carbonyl (C=O) groups excluding carboxylic acids is 1. The van der Waals surface area contributed by atoms with Gasteiger partial charge in [0.25, 0.3) is 0 Å². The van der Waals surface area contributed by atoms with Gasteiger partial charge in [-0.05, 0) is 37.9 Å². The number of benzene rings is 1. The van der Waals surface area contributed by atoms with Gasteiger partial charge < -0.3 is 0 Å². The number of hydrogen-bond acceptors (Lipinski definition) is 2. The normalized spacial score (nSPS) is 20.1. The van der Waals surface area contributed by atoms with E-state index in [1.807, 2.05) is 0 Å². The van der Waals surface area contributed by atoms with Crippen molar-refractivity contribution in [2.24, 2.45) is 0 Å². The molecule has 20 heavy (non-hydrogen) atoms. The number of hydrogen-bond donors (Lipinski definition) is 0. The van der Waals surface area contributed by atoms with Crippen LogP contribution in [0.2, 0.25) is 10.0 Å². The zero-order chi connectivity index (χ0) is 14.5. The molecule has 1 atom stereocenters. The van der Waals surface area contributed by atoms with Gasteiger partial charge in [0.1, 0.15) is 0 Å². The van der Waals surface area contributed by atoms with E-state index in [0.717, 1.165) is 19.5 Å². The third-order valence-electron chi connectivity index (χ3n) is 4.10. The van der Waals surface area contributed by atoms with E-state index < -0.39 is 0 Å². The van der Waals surface area contributed by atoms with E-state index in [2.05, 4.69) is 11.8 Å². The van der Waals surface area contributed by atoms with Crippen molar-refractivity contribution < 1.29 is 4.79 Å². The van der Waals surface area contributed by atoms with Crippen molar-refractivity contribution in [1.82, 2.24) is 4.90 Å². The van der Waals surface area contributed by atoms with Gasteiger partial charge in [0.2, 0.25) is 0 Å². The van der Waals surface area contributed by atoms with Crippen molar-refractivity contribution in [3.63, 3.8) is 0 Å². The fourth-order valence-corrected chi connectivity index (χ4v) is 3.32. The molecule has 1 fully saturated rings. The lowest BCUT2D eigenvalue weighted by Crippen LogP contribution is -2.40. The lowest BCUT2D eigenvalue weighted by molar-refractivity contribution is 0.0923. The third kappa shape index (κ3) is 3.75. The van der Waals surface area contributed by atoms with E-state index in [9.17, 15) is 4.79 Å². The van der Waals surface area contributed by atoms with Crippen molar-refractivity contribution >= 4 is 29.0 Å². The van der Waals surface area contributed by atoms with E-state index in [0.29, 0.717) is 28.1 Å². The minimum atomic E-state index is 0.0814. The standard InChI is InChI=1S/C16H21Cl2NO/c1-2-12-6-3-4-10-19(12)11-9-15(20)13-7-5-8-14(17)16(13)18/h5,7-8,12H,2-4,6,9-11H2,1H3. The molecule has 0 spiro atoms. The van der Waals surface area contributed by atoms with E-state index in [-0.39, 0.29) is 5.78 Å². The zero-order valence-electron chi connectivity index (χ0n) is 11.9. The summed E-state index contributed by atoms with van der Waals surface area (Å²) in [6.45, 7) is 4.15. The molecule has 0 radical (unpaired) electrons. The Bertz CT molecular complexity index is 476. The molecule has 1 aliphatic rings. The third-order valence-corrected chi connectivity index (χ3v) is 4.92. The molecule has 0 saturated carbocycles. The molecule has 1 unspecified atom stereocenters. The number of nitrogens with zero attached hydrogens (tertiary/aromatic N) is 1. The summed E-state index contributed by atoms with van der Waals surface area (Å²) in [4.78, 5) is 14.7. The zero-order valence-corrected chi connectivity index (χ0v) is 13.4. The lowest BCUT2D eigenvalue weighted by Gasteiger charge is -2.35. The Morgan fingerprint density at radius 1 is 1.35 bits per heavy atom. The fraction of sp³-hybridized carbons (Fsp3) is 0.562. The van der Waals surface area contributed by atoms with Crippen LogP contribution in [0.3, 0.4) is 0 Å². The summed E-state index contributed by atoms with van der Waals surface area (Å²) in [5.41, 5.74) is 0.546. The van der Waals surface area contributed by atoms with Crippen LogP contribution in [0.4, 0.5) is 0 Å². The summed E-state index contributed by atoms with van der Waals surface area (Å²) in [7, 11) is 0. The summed E-state index contributed by atoms with van der Waals surface area (Å²) < 4.78 is 0. The van der Waals surface area contributed by atoms with Crippen LogP contribution in [-0.2, 0) is 0 Å². The van der Waals surface area contributed by atoms with Gasteiger partial charge >= 0.3 is 0 Å². The van der Waals surface area contributed by atoms with Crippen LogP contribution in [0.15, 0.2) is 18.2 Å². The Morgan fingerprint density at radius 3 is 2.90 bits per heavy atom. The topological polar surface area (TPSA) is 20.3 Å². The maximum absolute atomic E-state index is 12.3. The summed E-state index contributed by atoms with van der Waals surface area (Å²) in [6, 6.07) is 5.87. The van der Waals surface area contributed by atoms with Crippen molar-refractivity contribution in [3.8, 4) is 0 Å². The number of Topliss-reactive ketones (excluding diaryl/α,β-unsaturated/α-hetero) is 1. The van der Waals surface area contributed by atoms with Crippen LogP contribution >= 0.6 is 23.2 Å². The van der Waals surface area contributed by atoms with Crippen LogP contribution in [0, 0.1) is 0 Å². The van der Waals surface area contributed by atoms with Crippen molar-refractivity contribution in [3.05, 3.63) is 33.8 Å². The number of likely N-dealkylation sites (tertiary alicyclic amines) is 1.